The molecule has 0 saturated carbocycles. The molecule has 5 heteroatoms. The molecule has 0 aliphatic rings. The molecule has 0 bridgehead atoms. The standard InChI is InChI=1S/C23H23NO4/c1-15-9-18(14-25)10-16(2)23(15)28-20-6-7-21(26-3)19(12-20)11-17-5-8-22(27-4)24-13-17/h5-10,12-14H,11H2,1-4H3. The third-order valence-electron chi connectivity index (χ3n) is 4.49. The Morgan fingerprint density at radius 2 is 1.71 bits per heavy atom. The molecule has 28 heavy (non-hydrogen) atoms. The van der Waals surface area contributed by atoms with Gasteiger partial charge in [0.25, 0.3) is 0 Å². The van der Waals surface area contributed by atoms with Gasteiger partial charge in [0.2, 0.25) is 5.88 Å². The van der Waals surface area contributed by atoms with Gasteiger partial charge < -0.3 is 14.2 Å². The van der Waals surface area contributed by atoms with Gasteiger partial charge in [-0.15, -0.1) is 0 Å². The Balaban J connectivity index is 1.89. The first-order valence-corrected chi connectivity index (χ1v) is 8.94. The summed E-state index contributed by atoms with van der Waals surface area (Å²) >= 11 is 0. The maximum absolute atomic E-state index is 11.0. The van der Waals surface area contributed by atoms with Crippen molar-refractivity contribution in [1.82, 2.24) is 4.98 Å². The van der Waals surface area contributed by atoms with Crippen molar-refractivity contribution in [2.75, 3.05) is 14.2 Å². The van der Waals surface area contributed by atoms with Crippen molar-refractivity contribution in [3.05, 3.63) is 76.5 Å². The summed E-state index contributed by atoms with van der Waals surface area (Å²) in [7, 11) is 3.25. The lowest BCUT2D eigenvalue weighted by Crippen LogP contribution is -1.98. The number of benzene rings is 2. The van der Waals surface area contributed by atoms with E-state index in [4.69, 9.17) is 14.2 Å². The van der Waals surface area contributed by atoms with E-state index in [0.717, 1.165) is 40.0 Å². The van der Waals surface area contributed by atoms with Crippen LogP contribution in [0.1, 0.15) is 32.6 Å². The number of nitrogens with zero attached hydrogens (tertiary/aromatic N) is 1. The molecule has 144 valence electrons. The van der Waals surface area contributed by atoms with Crippen molar-refractivity contribution in [3.63, 3.8) is 0 Å². The number of aromatic nitrogens is 1. The van der Waals surface area contributed by atoms with Crippen LogP contribution in [-0.2, 0) is 6.42 Å². The molecule has 1 heterocycles. The summed E-state index contributed by atoms with van der Waals surface area (Å²) < 4.78 is 16.8. The third kappa shape index (κ3) is 4.31. The van der Waals surface area contributed by atoms with E-state index in [2.05, 4.69) is 4.98 Å². The van der Waals surface area contributed by atoms with Gasteiger partial charge in [-0.05, 0) is 60.9 Å². The first kappa shape index (κ1) is 19.4. The number of hydrogen-bond acceptors (Lipinski definition) is 5. The maximum atomic E-state index is 11.0. The normalized spacial score (nSPS) is 10.4. The highest BCUT2D eigenvalue weighted by Crippen LogP contribution is 2.33. The van der Waals surface area contributed by atoms with E-state index in [1.54, 1.807) is 20.4 Å². The Morgan fingerprint density at radius 3 is 2.29 bits per heavy atom. The van der Waals surface area contributed by atoms with Gasteiger partial charge in [0, 0.05) is 29.8 Å². The van der Waals surface area contributed by atoms with Crippen LogP contribution in [0.2, 0.25) is 0 Å². The first-order chi connectivity index (χ1) is 13.5. The highest BCUT2D eigenvalue weighted by molar-refractivity contribution is 5.76. The monoisotopic (exact) mass is 377 g/mol. The lowest BCUT2D eigenvalue weighted by atomic mass is 10.0. The van der Waals surface area contributed by atoms with Crippen LogP contribution >= 0.6 is 0 Å². The van der Waals surface area contributed by atoms with Crippen LogP contribution in [0.15, 0.2) is 48.7 Å². The number of ether oxygens (including phenoxy) is 3. The molecule has 3 aromatic rings. The molecule has 1 aromatic heterocycles. The van der Waals surface area contributed by atoms with E-state index in [0.29, 0.717) is 23.6 Å². The Kier molecular flexibility index (Phi) is 5.94. The van der Waals surface area contributed by atoms with Crippen molar-refractivity contribution in [3.8, 4) is 23.1 Å². The fraction of sp³-hybridized carbons (Fsp3) is 0.217. The molecule has 0 unspecified atom stereocenters. The van der Waals surface area contributed by atoms with Gasteiger partial charge in [0.05, 0.1) is 14.2 Å². The first-order valence-electron chi connectivity index (χ1n) is 8.94. The van der Waals surface area contributed by atoms with E-state index in [1.807, 2.05) is 56.3 Å². The molecular formula is C23H23NO4. The fourth-order valence-corrected chi connectivity index (χ4v) is 3.14. The van der Waals surface area contributed by atoms with E-state index in [9.17, 15) is 4.79 Å². The van der Waals surface area contributed by atoms with Gasteiger partial charge in [-0.2, -0.15) is 0 Å². The molecule has 0 aliphatic heterocycles. The summed E-state index contributed by atoms with van der Waals surface area (Å²) in [5.74, 6) is 2.83. The predicted octanol–water partition coefficient (Wildman–Crippen LogP) is 4.91. The summed E-state index contributed by atoms with van der Waals surface area (Å²) in [6.45, 7) is 3.87. The Hall–Kier alpha value is -3.34. The molecule has 2 aromatic carbocycles. The number of rotatable bonds is 7. The van der Waals surface area contributed by atoms with Crippen molar-refractivity contribution < 1.29 is 19.0 Å². The zero-order chi connectivity index (χ0) is 20.1. The molecular weight excluding hydrogens is 354 g/mol. The zero-order valence-corrected chi connectivity index (χ0v) is 16.5. The van der Waals surface area contributed by atoms with Gasteiger partial charge in [-0.25, -0.2) is 4.98 Å². The molecule has 0 fully saturated rings. The summed E-state index contributed by atoms with van der Waals surface area (Å²) in [6.07, 6.45) is 3.29. The summed E-state index contributed by atoms with van der Waals surface area (Å²) in [5.41, 5.74) is 4.51. The topological polar surface area (TPSA) is 57.7 Å². The van der Waals surface area contributed by atoms with Crippen LogP contribution in [-0.4, -0.2) is 25.5 Å². The zero-order valence-electron chi connectivity index (χ0n) is 16.5. The van der Waals surface area contributed by atoms with Gasteiger partial charge in [-0.1, -0.05) is 6.07 Å². The number of carbonyl (C=O) groups is 1. The van der Waals surface area contributed by atoms with Crippen molar-refractivity contribution in [2.24, 2.45) is 0 Å². The highest BCUT2D eigenvalue weighted by Gasteiger charge is 2.11. The smallest absolute Gasteiger partial charge is 0.212 e. The van der Waals surface area contributed by atoms with E-state index in [1.165, 1.54) is 0 Å². The van der Waals surface area contributed by atoms with Gasteiger partial charge >= 0.3 is 0 Å². The molecule has 0 amide bonds. The second-order valence-electron chi connectivity index (χ2n) is 6.56. The summed E-state index contributed by atoms with van der Waals surface area (Å²) in [4.78, 5) is 15.3. The molecule has 0 saturated heterocycles. The molecule has 0 aliphatic carbocycles. The Bertz CT molecular complexity index is 957. The summed E-state index contributed by atoms with van der Waals surface area (Å²) in [5, 5.41) is 0. The fourth-order valence-electron chi connectivity index (χ4n) is 3.14. The largest absolute Gasteiger partial charge is 0.496 e. The second kappa shape index (κ2) is 8.57. The Labute approximate surface area is 164 Å². The number of aldehydes is 1. The minimum absolute atomic E-state index is 0.581. The average Bonchev–Trinajstić information content (AvgIpc) is 2.71. The van der Waals surface area contributed by atoms with Gasteiger partial charge in [0.1, 0.15) is 23.5 Å². The Morgan fingerprint density at radius 1 is 0.964 bits per heavy atom. The molecule has 0 N–H and O–H groups in total. The minimum Gasteiger partial charge on any atom is -0.496 e. The van der Waals surface area contributed by atoms with Crippen LogP contribution in [0.4, 0.5) is 0 Å². The van der Waals surface area contributed by atoms with Crippen molar-refractivity contribution in [1.29, 1.82) is 0 Å². The molecule has 3 rings (SSSR count). The quantitative estimate of drug-likeness (QED) is 0.548. The number of methoxy groups -OCH3 is 2. The van der Waals surface area contributed by atoms with Crippen LogP contribution in [0.5, 0.6) is 23.1 Å². The van der Waals surface area contributed by atoms with Crippen LogP contribution < -0.4 is 14.2 Å². The molecule has 5 nitrogen and oxygen atoms in total. The van der Waals surface area contributed by atoms with Crippen molar-refractivity contribution >= 4 is 6.29 Å². The van der Waals surface area contributed by atoms with Gasteiger partial charge in [0.15, 0.2) is 0 Å². The SMILES string of the molecule is COc1ccc(Cc2cc(Oc3c(C)cc(C=O)cc3C)ccc2OC)cn1. The number of hydrogen-bond donors (Lipinski definition) is 0. The number of aryl methyl sites for hydroxylation is 2. The van der Waals surface area contributed by atoms with Crippen molar-refractivity contribution in [2.45, 2.75) is 20.3 Å². The average molecular weight is 377 g/mol. The van der Waals surface area contributed by atoms with Crippen LogP contribution in [0.25, 0.3) is 0 Å². The highest BCUT2D eigenvalue weighted by atomic mass is 16.5. The number of carbonyl (C=O) groups excluding carboxylic acids is 1. The maximum Gasteiger partial charge on any atom is 0.212 e. The molecule has 0 atom stereocenters. The molecule has 0 radical (unpaired) electrons. The van der Waals surface area contributed by atoms with Crippen LogP contribution in [0.3, 0.4) is 0 Å². The van der Waals surface area contributed by atoms with Crippen LogP contribution in [0, 0.1) is 13.8 Å². The van der Waals surface area contributed by atoms with E-state index >= 15 is 0 Å². The predicted molar refractivity (Wildman–Crippen MR) is 108 cm³/mol. The lowest BCUT2D eigenvalue weighted by Gasteiger charge is -2.15. The van der Waals surface area contributed by atoms with E-state index < -0.39 is 0 Å². The second-order valence-corrected chi connectivity index (χ2v) is 6.56. The summed E-state index contributed by atoms with van der Waals surface area (Å²) in [6, 6.07) is 13.2. The van der Waals surface area contributed by atoms with Gasteiger partial charge in [-0.3, -0.25) is 4.79 Å². The third-order valence-corrected chi connectivity index (χ3v) is 4.49. The lowest BCUT2D eigenvalue weighted by molar-refractivity contribution is 0.112. The number of pyridine rings is 1. The minimum atomic E-state index is 0.581. The molecule has 0 spiro atoms. The van der Waals surface area contributed by atoms with E-state index in [-0.39, 0.29) is 0 Å².